The van der Waals surface area contributed by atoms with Crippen LogP contribution in [-0.4, -0.2) is 25.7 Å². The Morgan fingerprint density at radius 2 is 1.75 bits per heavy atom. The fourth-order valence-corrected chi connectivity index (χ4v) is 3.41. The van der Waals surface area contributed by atoms with E-state index >= 15 is 0 Å². The molecule has 2 aromatic carbocycles. The second-order valence-electron chi connectivity index (χ2n) is 7.33. The zero-order valence-electron chi connectivity index (χ0n) is 17.3. The summed E-state index contributed by atoms with van der Waals surface area (Å²) in [6.45, 7) is 1.78. The van der Waals surface area contributed by atoms with E-state index in [2.05, 4.69) is 20.4 Å². The number of carbonyl (C=O) groups excluding carboxylic acids is 1. The molecule has 0 bridgehead atoms. The van der Waals surface area contributed by atoms with Crippen LogP contribution in [0.25, 0.3) is 33.9 Å². The first-order valence-electron chi connectivity index (χ1n) is 9.93. The van der Waals surface area contributed by atoms with Crippen LogP contribution in [0.3, 0.4) is 0 Å². The Balaban J connectivity index is 1.43. The maximum atomic E-state index is 13.2. The summed E-state index contributed by atoms with van der Waals surface area (Å²) in [5, 5.41) is 7.25. The van der Waals surface area contributed by atoms with E-state index in [1.165, 1.54) is 16.8 Å². The van der Waals surface area contributed by atoms with Gasteiger partial charge in [-0.2, -0.15) is 5.10 Å². The molecule has 3 heterocycles. The standard InChI is InChI=1S/C24H18FN5O2/c1-14-18(12-20-24(26-14)32-23(28-20)16-6-4-3-5-7-16)27-22(31)21-13-19(29-30(21)2)15-8-10-17(25)11-9-15/h3-13H,1-2H3,(H,27,31). The Morgan fingerprint density at radius 3 is 2.50 bits per heavy atom. The largest absolute Gasteiger partial charge is 0.418 e. The molecule has 1 amide bonds. The highest BCUT2D eigenvalue weighted by atomic mass is 19.1. The minimum absolute atomic E-state index is 0.329. The van der Waals surface area contributed by atoms with Gasteiger partial charge in [0.25, 0.3) is 5.91 Å². The molecule has 0 atom stereocenters. The van der Waals surface area contributed by atoms with Gasteiger partial charge in [0, 0.05) is 18.2 Å². The predicted molar refractivity (Wildman–Crippen MR) is 119 cm³/mol. The topological polar surface area (TPSA) is 85.8 Å². The van der Waals surface area contributed by atoms with Crippen molar-refractivity contribution in [3.05, 3.63) is 83.9 Å². The number of rotatable bonds is 4. The van der Waals surface area contributed by atoms with Crippen molar-refractivity contribution >= 4 is 22.8 Å². The van der Waals surface area contributed by atoms with Gasteiger partial charge in [0.15, 0.2) is 0 Å². The summed E-state index contributed by atoms with van der Waals surface area (Å²) in [6.07, 6.45) is 0. The molecule has 0 aliphatic rings. The molecule has 5 rings (SSSR count). The molecule has 0 aliphatic heterocycles. The molecular weight excluding hydrogens is 409 g/mol. The third kappa shape index (κ3) is 3.62. The Hall–Kier alpha value is -4.33. The number of anilines is 1. The molecule has 0 aliphatic carbocycles. The van der Waals surface area contributed by atoms with Crippen molar-refractivity contribution in [2.24, 2.45) is 7.05 Å². The molecular formula is C24H18FN5O2. The quantitative estimate of drug-likeness (QED) is 0.437. The number of carbonyl (C=O) groups is 1. The molecule has 0 saturated carbocycles. The number of benzene rings is 2. The van der Waals surface area contributed by atoms with Crippen LogP contribution in [0.4, 0.5) is 10.1 Å². The van der Waals surface area contributed by atoms with E-state index in [1.807, 2.05) is 30.3 Å². The number of nitrogens with zero attached hydrogens (tertiary/aromatic N) is 4. The Bertz CT molecular complexity index is 1440. The average Bonchev–Trinajstić information content (AvgIpc) is 3.38. The highest BCUT2D eigenvalue weighted by molar-refractivity contribution is 6.04. The van der Waals surface area contributed by atoms with Crippen molar-refractivity contribution in [2.75, 3.05) is 5.32 Å². The first kappa shape index (κ1) is 19.6. The number of hydrogen-bond donors (Lipinski definition) is 1. The first-order chi connectivity index (χ1) is 15.5. The number of oxazole rings is 1. The number of aryl methyl sites for hydroxylation is 2. The van der Waals surface area contributed by atoms with E-state index in [0.29, 0.717) is 39.9 Å². The number of pyridine rings is 1. The van der Waals surface area contributed by atoms with E-state index in [4.69, 9.17) is 4.42 Å². The van der Waals surface area contributed by atoms with Crippen LogP contribution in [0.5, 0.6) is 0 Å². The summed E-state index contributed by atoms with van der Waals surface area (Å²) in [5.74, 6) is -0.208. The van der Waals surface area contributed by atoms with Crippen molar-refractivity contribution in [2.45, 2.75) is 6.92 Å². The van der Waals surface area contributed by atoms with Gasteiger partial charge in [-0.05, 0) is 55.5 Å². The molecule has 0 saturated heterocycles. The highest BCUT2D eigenvalue weighted by Crippen LogP contribution is 2.27. The zero-order chi connectivity index (χ0) is 22.2. The van der Waals surface area contributed by atoms with Crippen LogP contribution in [0.2, 0.25) is 0 Å². The monoisotopic (exact) mass is 427 g/mol. The predicted octanol–water partition coefficient (Wildman–Crippen LogP) is 4.99. The fraction of sp³-hybridized carbons (Fsp3) is 0.0833. The Kier molecular flexibility index (Phi) is 4.74. The lowest BCUT2D eigenvalue weighted by Gasteiger charge is -2.07. The van der Waals surface area contributed by atoms with Gasteiger partial charge in [-0.15, -0.1) is 0 Å². The molecule has 32 heavy (non-hydrogen) atoms. The number of aromatic nitrogens is 4. The van der Waals surface area contributed by atoms with Crippen molar-refractivity contribution in [1.82, 2.24) is 19.7 Å². The van der Waals surface area contributed by atoms with E-state index < -0.39 is 0 Å². The van der Waals surface area contributed by atoms with Crippen LogP contribution >= 0.6 is 0 Å². The molecule has 0 fully saturated rings. The summed E-state index contributed by atoms with van der Waals surface area (Å²) in [5.41, 5.74) is 4.57. The Labute approximate surface area is 182 Å². The van der Waals surface area contributed by atoms with Crippen LogP contribution in [0.15, 0.2) is 71.1 Å². The van der Waals surface area contributed by atoms with Crippen LogP contribution in [0.1, 0.15) is 16.2 Å². The van der Waals surface area contributed by atoms with E-state index in [1.54, 1.807) is 38.2 Å². The van der Waals surface area contributed by atoms with E-state index in [0.717, 1.165) is 11.1 Å². The number of halogens is 1. The molecule has 158 valence electrons. The maximum Gasteiger partial charge on any atom is 0.273 e. The van der Waals surface area contributed by atoms with Crippen molar-refractivity contribution in [3.8, 4) is 22.7 Å². The second kappa shape index (κ2) is 7.73. The summed E-state index contributed by atoms with van der Waals surface area (Å²) in [6, 6.07) is 18.9. The van der Waals surface area contributed by atoms with Crippen molar-refractivity contribution in [3.63, 3.8) is 0 Å². The number of hydrogen-bond acceptors (Lipinski definition) is 5. The second-order valence-corrected chi connectivity index (χ2v) is 7.33. The van der Waals surface area contributed by atoms with Gasteiger partial charge >= 0.3 is 0 Å². The molecule has 5 aromatic rings. The normalized spacial score (nSPS) is 11.1. The third-order valence-corrected chi connectivity index (χ3v) is 5.10. The van der Waals surface area contributed by atoms with Gasteiger partial charge in [0.05, 0.1) is 17.1 Å². The van der Waals surface area contributed by atoms with Crippen molar-refractivity contribution in [1.29, 1.82) is 0 Å². The smallest absolute Gasteiger partial charge is 0.273 e. The molecule has 0 unspecified atom stereocenters. The van der Waals surface area contributed by atoms with Gasteiger partial charge in [0.2, 0.25) is 11.6 Å². The minimum Gasteiger partial charge on any atom is -0.418 e. The van der Waals surface area contributed by atoms with Crippen LogP contribution in [0, 0.1) is 12.7 Å². The van der Waals surface area contributed by atoms with Gasteiger partial charge in [-0.25, -0.2) is 14.4 Å². The summed E-state index contributed by atoms with van der Waals surface area (Å²) in [4.78, 5) is 21.9. The lowest BCUT2D eigenvalue weighted by atomic mass is 10.1. The van der Waals surface area contributed by atoms with Gasteiger partial charge in [-0.3, -0.25) is 9.48 Å². The fourth-order valence-electron chi connectivity index (χ4n) is 3.41. The summed E-state index contributed by atoms with van der Waals surface area (Å²) < 4.78 is 20.5. The van der Waals surface area contributed by atoms with E-state index in [9.17, 15) is 9.18 Å². The van der Waals surface area contributed by atoms with E-state index in [-0.39, 0.29) is 11.7 Å². The molecule has 0 radical (unpaired) electrons. The highest BCUT2D eigenvalue weighted by Gasteiger charge is 2.18. The third-order valence-electron chi connectivity index (χ3n) is 5.10. The average molecular weight is 427 g/mol. The molecule has 1 N–H and O–H groups in total. The molecule has 8 heteroatoms. The molecule has 7 nitrogen and oxygen atoms in total. The lowest BCUT2D eigenvalue weighted by Crippen LogP contribution is -2.17. The maximum absolute atomic E-state index is 13.2. The number of fused-ring (bicyclic) bond motifs is 1. The summed E-state index contributed by atoms with van der Waals surface area (Å²) >= 11 is 0. The van der Waals surface area contributed by atoms with Gasteiger partial charge in [-0.1, -0.05) is 18.2 Å². The van der Waals surface area contributed by atoms with Crippen molar-refractivity contribution < 1.29 is 13.6 Å². The minimum atomic E-state index is -0.343. The van der Waals surface area contributed by atoms with Gasteiger partial charge < -0.3 is 9.73 Å². The SMILES string of the molecule is Cc1nc2oc(-c3ccccc3)nc2cc1NC(=O)c1cc(-c2ccc(F)cc2)nn1C. The number of nitrogens with one attached hydrogen (secondary N) is 1. The molecule has 0 spiro atoms. The van der Waals surface area contributed by atoms with Crippen LogP contribution in [-0.2, 0) is 7.05 Å². The first-order valence-corrected chi connectivity index (χ1v) is 9.93. The lowest BCUT2D eigenvalue weighted by molar-refractivity contribution is 0.101. The number of amides is 1. The molecule has 3 aromatic heterocycles. The Morgan fingerprint density at radius 1 is 1.00 bits per heavy atom. The zero-order valence-corrected chi connectivity index (χ0v) is 17.3. The van der Waals surface area contributed by atoms with Gasteiger partial charge in [0.1, 0.15) is 17.0 Å². The summed E-state index contributed by atoms with van der Waals surface area (Å²) in [7, 11) is 1.68. The van der Waals surface area contributed by atoms with Crippen LogP contribution < -0.4 is 5.32 Å².